The largest absolute Gasteiger partial charge is 0.481 e. The number of carbonyl (C=O) groups excluding carboxylic acids is 2. The van der Waals surface area contributed by atoms with Crippen LogP contribution < -0.4 is 20.8 Å². The maximum Gasteiger partial charge on any atom is 0.271 e. The summed E-state index contributed by atoms with van der Waals surface area (Å²) in [5.74, 6) is -0.135. The number of nitrogens with zero attached hydrogens (tertiary/aromatic N) is 2. The van der Waals surface area contributed by atoms with Crippen molar-refractivity contribution in [2.45, 2.75) is 13.8 Å². The molecule has 0 atom stereocenters. The van der Waals surface area contributed by atoms with Crippen LogP contribution in [0.5, 0.6) is 5.75 Å². The van der Waals surface area contributed by atoms with E-state index in [9.17, 15) is 9.59 Å². The summed E-state index contributed by atoms with van der Waals surface area (Å²) in [6.45, 7) is 3.78. The van der Waals surface area contributed by atoms with Gasteiger partial charge in [-0.05, 0) is 99.3 Å². The molecule has 0 aliphatic rings. The fourth-order valence-electron chi connectivity index (χ4n) is 4.20. The van der Waals surface area contributed by atoms with E-state index in [1.54, 1.807) is 24.3 Å². The van der Waals surface area contributed by atoms with Crippen molar-refractivity contribution in [2.75, 3.05) is 17.2 Å². The number of halogens is 2. The minimum Gasteiger partial charge on any atom is -0.481 e. The van der Waals surface area contributed by atoms with Gasteiger partial charge in [0.2, 0.25) is 0 Å². The number of aromatic nitrogens is 1. The fraction of sp³-hybridized carbons (Fsp3) is 0.0909. The lowest BCUT2D eigenvalue weighted by molar-refractivity contribution is -0.118. The highest BCUT2D eigenvalue weighted by molar-refractivity contribution is 9.11. The maximum absolute atomic E-state index is 12.7. The Balaban J connectivity index is 1.14. The number of ether oxygens (including phenoxy) is 1. The lowest BCUT2D eigenvalue weighted by Crippen LogP contribution is -2.21. The molecular weight excluding hydrogens is 706 g/mol. The summed E-state index contributed by atoms with van der Waals surface area (Å²) in [5, 5.41) is 13.0. The smallest absolute Gasteiger partial charge is 0.271 e. The third-order valence-electron chi connectivity index (χ3n) is 6.38. The summed E-state index contributed by atoms with van der Waals surface area (Å²) in [4.78, 5) is 29.8. The second kappa shape index (κ2) is 14.4. The highest BCUT2D eigenvalue weighted by Crippen LogP contribution is 2.34. The van der Waals surface area contributed by atoms with E-state index in [0.29, 0.717) is 25.8 Å². The Morgan fingerprint density at radius 2 is 1.68 bits per heavy atom. The van der Waals surface area contributed by atoms with Crippen LogP contribution in [0.25, 0.3) is 11.3 Å². The summed E-state index contributed by atoms with van der Waals surface area (Å²) in [6, 6.07) is 26.4. The van der Waals surface area contributed by atoms with Crippen LogP contribution in [0.15, 0.2) is 104 Å². The van der Waals surface area contributed by atoms with Gasteiger partial charge < -0.3 is 15.4 Å². The first-order valence-electron chi connectivity index (χ1n) is 13.5. The van der Waals surface area contributed by atoms with E-state index in [1.807, 2.05) is 79.9 Å². The van der Waals surface area contributed by atoms with Crippen LogP contribution in [0.1, 0.15) is 27.0 Å². The normalized spacial score (nSPS) is 10.9. The molecule has 1 heterocycles. The minimum atomic E-state index is -0.342. The van der Waals surface area contributed by atoms with Gasteiger partial charge in [0.1, 0.15) is 5.75 Å². The third-order valence-corrected chi connectivity index (χ3v) is 8.31. The molecule has 222 valence electrons. The minimum absolute atomic E-state index is 0.166. The predicted octanol–water partition coefficient (Wildman–Crippen LogP) is 8.48. The molecule has 1 aromatic heterocycles. The molecule has 44 heavy (non-hydrogen) atoms. The van der Waals surface area contributed by atoms with Crippen LogP contribution in [0.3, 0.4) is 0 Å². The van der Waals surface area contributed by atoms with Gasteiger partial charge in [0.25, 0.3) is 11.8 Å². The monoisotopic (exact) mass is 731 g/mol. The number of anilines is 3. The Morgan fingerprint density at radius 3 is 2.39 bits per heavy atom. The molecule has 5 rings (SSSR count). The number of thiazole rings is 1. The highest BCUT2D eigenvalue weighted by atomic mass is 79.9. The van der Waals surface area contributed by atoms with E-state index in [1.165, 1.54) is 17.6 Å². The quantitative estimate of drug-likeness (QED) is 0.0987. The second-order valence-corrected chi connectivity index (χ2v) is 12.3. The van der Waals surface area contributed by atoms with Gasteiger partial charge in [-0.1, -0.05) is 48.0 Å². The van der Waals surface area contributed by atoms with Crippen LogP contribution in [0.4, 0.5) is 16.5 Å². The Bertz CT molecular complexity index is 1800. The summed E-state index contributed by atoms with van der Waals surface area (Å²) >= 11 is 8.50. The van der Waals surface area contributed by atoms with Crippen LogP contribution in [0, 0.1) is 13.8 Å². The summed E-state index contributed by atoms with van der Waals surface area (Å²) < 4.78 is 7.01. The summed E-state index contributed by atoms with van der Waals surface area (Å²) in [7, 11) is 0. The lowest BCUT2D eigenvalue weighted by Gasteiger charge is -2.12. The number of hydrogen-bond acceptors (Lipinski definition) is 7. The van der Waals surface area contributed by atoms with Gasteiger partial charge in [-0.25, -0.2) is 10.4 Å². The molecule has 4 aromatic carbocycles. The zero-order chi connectivity index (χ0) is 31.1. The van der Waals surface area contributed by atoms with E-state index in [4.69, 9.17) is 4.74 Å². The first-order valence-corrected chi connectivity index (χ1v) is 15.9. The molecule has 8 nitrogen and oxygen atoms in total. The van der Waals surface area contributed by atoms with Gasteiger partial charge in [0.15, 0.2) is 11.7 Å². The van der Waals surface area contributed by atoms with Crippen molar-refractivity contribution >= 4 is 77.7 Å². The SMILES string of the molecule is Cc1ccc(NC(=O)COc2c(Br)cc(/C=N/NC(=O)c3ccc(-c4csc(Nc5ccccc5)n4)cc3)cc2Br)c(C)c1. The molecule has 0 fully saturated rings. The zero-order valence-corrected chi connectivity index (χ0v) is 27.7. The van der Waals surface area contributed by atoms with E-state index >= 15 is 0 Å². The molecule has 0 radical (unpaired) electrons. The standard InChI is InChI=1S/C33H27Br2N5O3S/c1-20-8-13-28(21(2)14-20)38-30(41)18-43-31-26(34)15-22(16-27(31)35)17-36-40-32(42)24-11-9-23(10-12-24)29-19-44-33(39-29)37-25-6-4-3-5-7-25/h3-17,19H,18H2,1-2H3,(H,37,39)(H,38,41)(H,40,42)/b36-17+. The Labute approximate surface area is 275 Å². The molecule has 0 spiro atoms. The van der Waals surface area contributed by atoms with Crippen LogP contribution in [-0.4, -0.2) is 29.6 Å². The number of nitrogens with one attached hydrogen (secondary N) is 3. The fourth-order valence-corrected chi connectivity index (χ4v) is 6.39. The number of amides is 2. The van der Waals surface area contributed by atoms with Crippen LogP contribution in [-0.2, 0) is 4.79 Å². The molecular formula is C33H27Br2N5O3S. The number of rotatable bonds is 10. The Hall–Kier alpha value is -4.32. The number of para-hydroxylation sites is 1. The topological polar surface area (TPSA) is 105 Å². The van der Waals surface area contributed by atoms with Gasteiger partial charge in [0, 0.05) is 27.9 Å². The molecule has 0 saturated heterocycles. The summed E-state index contributed by atoms with van der Waals surface area (Å²) in [6.07, 6.45) is 1.52. The maximum atomic E-state index is 12.7. The number of hydrazone groups is 1. The molecule has 0 aliphatic heterocycles. The average Bonchev–Trinajstić information content (AvgIpc) is 3.47. The number of carbonyl (C=O) groups is 2. The van der Waals surface area contributed by atoms with Crippen molar-refractivity contribution in [3.05, 3.63) is 122 Å². The molecule has 2 amide bonds. The second-order valence-electron chi connectivity index (χ2n) is 9.77. The molecule has 0 saturated carbocycles. The van der Waals surface area contributed by atoms with E-state index in [0.717, 1.165) is 38.9 Å². The third kappa shape index (κ3) is 8.19. The first-order chi connectivity index (χ1) is 21.2. The van der Waals surface area contributed by atoms with E-state index < -0.39 is 0 Å². The van der Waals surface area contributed by atoms with Gasteiger partial charge in [-0.2, -0.15) is 5.10 Å². The zero-order valence-electron chi connectivity index (χ0n) is 23.7. The van der Waals surface area contributed by atoms with Gasteiger partial charge >= 0.3 is 0 Å². The summed E-state index contributed by atoms with van der Waals surface area (Å²) in [5.41, 5.74) is 9.28. The molecule has 3 N–H and O–H groups in total. The Morgan fingerprint density at radius 1 is 0.955 bits per heavy atom. The van der Waals surface area contributed by atoms with Gasteiger partial charge in [-0.3, -0.25) is 9.59 Å². The van der Waals surface area contributed by atoms with E-state index in [2.05, 4.69) is 58.0 Å². The van der Waals surface area contributed by atoms with Crippen LogP contribution in [0.2, 0.25) is 0 Å². The molecule has 11 heteroatoms. The average molecular weight is 733 g/mol. The van der Waals surface area contributed by atoms with E-state index in [-0.39, 0.29) is 18.4 Å². The first kappa shape index (κ1) is 31.1. The Kier molecular flexibility index (Phi) is 10.2. The molecule has 0 bridgehead atoms. The van der Waals surface area contributed by atoms with Gasteiger partial charge in [0.05, 0.1) is 20.9 Å². The number of hydrogen-bond donors (Lipinski definition) is 3. The van der Waals surface area contributed by atoms with Crippen molar-refractivity contribution in [2.24, 2.45) is 5.10 Å². The van der Waals surface area contributed by atoms with Crippen molar-refractivity contribution in [1.29, 1.82) is 0 Å². The van der Waals surface area contributed by atoms with Crippen molar-refractivity contribution in [3.8, 4) is 17.0 Å². The molecule has 0 unspecified atom stereocenters. The molecule has 5 aromatic rings. The van der Waals surface area contributed by atoms with Crippen molar-refractivity contribution < 1.29 is 14.3 Å². The van der Waals surface area contributed by atoms with Crippen LogP contribution >= 0.6 is 43.2 Å². The van der Waals surface area contributed by atoms with Crippen molar-refractivity contribution in [1.82, 2.24) is 10.4 Å². The number of aryl methyl sites for hydroxylation is 2. The van der Waals surface area contributed by atoms with Crippen molar-refractivity contribution in [3.63, 3.8) is 0 Å². The lowest BCUT2D eigenvalue weighted by atomic mass is 10.1. The number of benzene rings is 4. The van der Waals surface area contributed by atoms with Gasteiger partial charge in [-0.15, -0.1) is 11.3 Å². The predicted molar refractivity (Wildman–Crippen MR) is 184 cm³/mol. The highest BCUT2D eigenvalue weighted by Gasteiger charge is 2.13. The molecule has 0 aliphatic carbocycles.